The zero-order valence-corrected chi connectivity index (χ0v) is 21.9. The number of fused-ring (bicyclic) bond motifs is 1. The summed E-state index contributed by atoms with van der Waals surface area (Å²) in [5.74, 6) is -0.498. The highest BCUT2D eigenvalue weighted by atomic mass is 16.4. The van der Waals surface area contributed by atoms with Crippen LogP contribution >= 0.6 is 0 Å². The van der Waals surface area contributed by atoms with Gasteiger partial charge in [0, 0.05) is 25.6 Å². The molecule has 0 saturated carbocycles. The number of carboxylic acid groups (broad SMARTS) is 1. The average molecular weight is 529 g/mol. The molecule has 5 N–H and O–H groups in total. The van der Waals surface area contributed by atoms with E-state index in [1.807, 2.05) is 84.9 Å². The third-order valence-corrected chi connectivity index (χ3v) is 7.11. The van der Waals surface area contributed by atoms with Gasteiger partial charge in [0.05, 0.1) is 6.04 Å². The van der Waals surface area contributed by atoms with Crippen molar-refractivity contribution < 1.29 is 19.5 Å². The molecule has 8 nitrogen and oxygen atoms in total. The fourth-order valence-electron chi connectivity index (χ4n) is 4.97. The molecule has 3 amide bonds. The summed E-state index contributed by atoms with van der Waals surface area (Å²) in [6, 6.07) is 26.9. The van der Waals surface area contributed by atoms with Crippen LogP contribution in [0.5, 0.6) is 0 Å². The van der Waals surface area contributed by atoms with Crippen LogP contribution in [-0.2, 0) is 22.6 Å². The standard InChI is InChI=1S/C31H36N4O4/c36-29(34-21-26(22-11-3-1-4-12-22)23-13-5-2-6-14-23)27(17-9-10-18-32-31(38)39)35-30(37)28-19-24-15-7-8-16-25(24)20-33-28/h1-8,11-16,26-28,32-33H,9-10,17-21H2,(H,34,36)(H,35,37)(H,38,39). The summed E-state index contributed by atoms with van der Waals surface area (Å²) < 4.78 is 0. The number of unbranched alkanes of at least 4 members (excludes halogenated alkanes) is 1. The second kappa shape index (κ2) is 14.1. The smallest absolute Gasteiger partial charge is 0.404 e. The highest BCUT2D eigenvalue weighted by molar-refractivity contribution is 5.90. The molecule has 204 valence electrons. The number of benzene rings is 3. The minimum Gasteiger partial charge on any atom is -0.465 e. The second-order valence-electron chi connectivity index (χ2n) is 9.81. The summed E-state index contributed by atoms with van der Waals surface area (Å²) in [4.78, 5) is 37.4. The number of nitrogens with one attached hydrogen (secondary N) is 4. The lowest BCUT2D eigenvalue weighted by Crippen LogP contribution is -2.54. The maximum absolute atomic E-state index is 13.4. The van der Waals surface area contributed by atoms with Crippen molar-refractivity contribution in [3.05, 3.63) is 107 Å². The van der Waals surface area contributed by atoms with Crippen LogP contribution in [0.4, 0.5) is 4.79 Å². The Hall–Kier alpha value is -4.17. The lowest BCUT2D eigenvalue weighted by molar-refractivity contribution is -0.130. The third-order valence-electron chi connectivity index (χ3n) is 7.11. The van der Waals surface area contributed by atoms with Gasteiger partial charge in [-0.2, -0.15) is 0 Å². The summed E-state index contributed by atoms with van der Waals surface area (Å²) in [5, 5.41) is 20.5. The molecule has 1 heterocycles. The van der Waals surface area contributed by atoms with Crippen LogP contribution in [0.15, 0.2) is 84.9 Å². The van der Waals surface area contributed by atoms with Gasteiger partial charge in [-0.3, -0.25) is 9.59 Å². The lowest BCUT2D eigenvalue weighted by atomic mass is 9.91. The molecule has 0 saturated heterocycles. The molecule has 1 aliphatic rings. The van der Waals surface area contributed by atoms with Gasteiger partial charge in [0.1, 0.15) is 6.04 Å². The van der Waals surface area contributed by atoms with Crippen molar-refractivity contribution in [1.29, 1.82) is 0 Å². The molecule has 39 heavy (non-hydrogen) atoms. The highest BCUT2D eigenvalue weighted by Gasteiger charge is 2.28. The Morgan fingerprint density at radius 1 is 0.821 bits per heavy atom. The first kappa shape index (κ1) is 27.9. The zero-order chi connectivity index (χ0) is 27.5. The van der Waals surface area contributed by atoms with E-state index in [1.54, 1.807) is 0 Å². The number of hydrogen-bond acceptors (Lipinski definition) is 4. The van der Waals surface area contributed by atoms with Crippen molar-refractivity contribution in [2.45, 2.75) is 50.2 Å². The van der Waals surface area contributed by atoms with Gasteiger partial charge in [-0.1, -0.05) is 84.9 Å². The average Bonchev–Trinajstić information content (AvgIpc) is 2.97. The van der Waals surface area contributed by atoms with E-state index < -0.39 is 18.2 Å². The van der Waals surface area contributed by atoms with Crippen LogP contribution in [0.3, 0.4) is 0 Å². The van der Waals surface area contributed by atoms with E-state index in [1.165, 1.54) is 5.56 Å². The Kier molecular flexibility index (Phi) is 10.1. The van der Waals surface area contributed by atoms with Crippen molar-refractivity contribution in [3.63, 3.8) is 0 Å². The number of amides is 3. The quantitative estimate of drug-likeness (QED) is 0.230. The van der Waals surface area contributed by atoms with Crippen LogP contribution in [0.1, 0.15) is 47.4 Å². The van der Waals surface area contributed by atoms with Gasteiger partial charge in [0.2, 0.25) is 11.8 Å². The Balaban J connectivity index is 1.42. The van der Waals surface area contributed by atoms with E-state index in [4.69, 9.17) is 5.11 Å². The van der Waals surface area contributed by atoms with Gasteiger partial charge in [-0.15, -0.1) is 0 Å². The van der Waals surface area contributed by atoms with E-state index in [0.29, 0.717) is 45.3 Å². The van der Waals surface area contributed by atoms with Gasteiger partial charge >= 0.3 is 6.09 Å². The van der Waals surface area contributed by atoms with E-state index in [2.05, 4.69) is 21.3 Å². The number of carbonyl (C=O) groups excluding carboxylic acids is 2. The van der Waals surface area contributed by atoms with Gasteiger partial charge in [0.25, 0.3) is 0 Å². The molecule has 4 rings (SSSR count). The molecule has 0 fully saturated rings. The molecule has 2 atom stereocenters. The van der Waals surface area contributed by atoms with Crippen LogP contribution < -0.4 is 21.3 Å². The topological polar surface area (TPSA) is 120 Å². The molecule has 2 unspecified atom stereocenters. The van der Waals surface area contributed by atoms with Crippen molar-refractivity contribution in [2.24, 2.45) is 0 Å². The second-order valence-corrected chi connectivity index (χ2v) is 9.81. The number of rotatable bonds is 12. The molecular formula is C31H36N4O4. The van der Waals surface area contributed by atoms with Gasteiger partial charge in [-0.25, -0.2) is 4.79 Å². The Labute approximate surface area is 229 Å². The summed E-state index contributed by atoms with van der Waals surface area (Å²) in [5.41, 5.74) is 4.49. The summed E-state index contributed by atoms with van der Waals surface area (Å²) in [7, 11) is 0. The van der Waals surface area contributed by atoms with Crippen molar-refractivity contribution in [2.75, 3.05) is 13.1 Å². The fourth-order valence-corrected chi connectivity index (χ4v) is 4.97. The predicted octanol–water partition coefficient (Wildman–Crippen LogP) is 3.57. The van der Waals surface area contributed by atoms with E-state index >= 15 is 0 Å². The predicted molar refractivity (Wildman–Crippen MR) is 150 cm³/mol. The maximum atomic E-state index is 13.4. The van der Waals surface area contributed by atoms with E-state index in [-0.39, 0.29) is 17.7 Å². The number of carbonyl (C=O) groups is 3. The van der Waals surface area contributed by atoms with Gasteiger partial charge in [0.15, 0.2) is 0 Å². The van der Waals surface area contributed by atoms with Crippen LogP contribution in [-0.4, -0.2) is 48.2 Å². The maximum Gasteiger partial charge on any atom is 0.404 e. The molecule has 0 aromatic heterocycles. The zero-order valence-electron chi connectivity index (χ0n) is 21.9. The molecule has 3 aromatic carbocycles. The normalized spacial score (nSPS) is 15.2. The Morgan fingerprint density at radius 3 is 2.08 bits per heavy atom. The van der Waals surface area contributed by atoms with Crippen molar-refractivity contribution in [1.82, 2.24) is 21.3 Å². The Bertz CT molecular complexity index is 1200. The van der Waals surface area contributed by atoms with Crippen LogP contribution in [0.2, 0.25) is 0 Å². The van der Waals surface area contributed by atoms with Crippen molar-refractivity contribution in [3.8, 4) is 0 Å². The van der Waals surface area contributed by atoms with Crippen LogP contribution in [0.25, 0.3) is 0 Å². The third kappa shape index (κ3) is 8.15. The molecular weight excluding hydrogens is 492 g/mol. The minimum absolute atomic E-state index is 0.0380. The SMILES string of the molecule is O=C(O)NCCCCC(NC(=O)C1Cc2ccccc2CN1)C(=O)NCC(c1ccccc1)c1ccccc1. The lowest BCUT2D eigenvalue weighted by Gasteiger charge is -2.28. The van der Waals surface area contributed by atoms with E-state index in [9.17, 15) is 14.4 Å². The molecule has 0 radical (unpaired) electrons. The fraction of sp³-hybridized carbons (Fsp3) is 0.323. The summed E-state index contributed by atoms with van der Waals surface area (Å²) >= 11 is 0. The first-order valence-corrected chi connectivity index (χ1v) is 13.5. The monoisotopic (exact) mass is 528 g/mol. The largest absolute Gasteiger partial charge is 0.465 e. The van der Waals surface area contributed by atoms with Crippen molar-refractivity contribution >= 4 is 17.9 Å². The first-order chi connectivity index (χ1) is 19.0. The molecule has 1 aliphatic heterocycles. The minimum atomic E-state index is -1.07. The van der Waals surface area contributed by atoms with Gasteiger partial charge < -0.3 is 26.4 Å². The molecule has 0 bridgehead atoms. The van der Waals surface area contributed by atoms with Gasteiger partial charge in [-0.05, 0) is 47.9 Å². The molecule has 3 aromatic rings. The summed E-state index contributed by atoms with van der Waals surface area (Å²) in [6.07, 6.45) is 1.04. The summed E-state index contributed by atoms with van der Waals surface area (Å²) in [6.45, 7) is 1.28. The Morgan fingerprint density at radius 2 is 1.44 bits per heavy atom. The first-order valence-electron chi connectivity index (χ1n) is 13.5. The van der Waals surface area contributed by atoms with Crippen LogP contribution in [0, 0.1) is 0 Å². The molecule has 0 aliphatic carbocycles. The highest BCUT2D eigenvalue weighted by Crippen LogP contribution is 2.24. The molecule has 0 spiro atoms. The van der Waals surface area contributed by atoms with E-state index in [0.717, 1.165) is 16.7 Å². The molecule has 8 heteroatoms. The number of hydrogen-bond donors (Lipinski definition) is 5.